The van der Waals surface area contributed by atoms with E-state index in [2.05, 4.69) is 36.1 Å². The first kappa shape index (κ1) is 11.8. The van der Waals surface area contributed by atoms with E-state index >= 15 is 0 Å². The van der Waals surface area contributed by atoms with Gasteiger partial charge in [-0.15, -0.1) is 0 Å². The summed E-state index contributed by atoms with van der Waals surface area (Å²) < 4.78 is 0. The van der Waals surface area contributed by atoms with Gasteiger partial charge in [-0.2, -0.15) is 0 Å². The zero-order chi connectivity index (χ0) is 12.5. The lowest BCUT2D eigenvalue weighted by molar-refractivity contribution is -0.121. The molecule has 96 valence electrons. The Bertz CT molecular complexity index is 421. The van der Waals surface area contributed by atoms with Crippen LogP contribution < -0.4 is 4.90 Å². The van der Waals surface area contributed by atoms with E-state index in [1.165, 1.54) is 30.5 Å². The molecule has 2 nitrogen and oxygen atoms in total. The van der Waals surface area contributed by atoms with Gasteiger partial charge < -0.3 is 4.90 Å². The Morgan fingerprint density at radius 3 is 2.28 bits per heavy atom. The second-order valence-electron chi connectivity index (χ2n) is 5.61. The van der Waals surface area contributed by atoms with Crippen molar-refractivity contribution in [3.05, 3.63) is 29.8 Å². The maximum absolute atomic E-state index is 11.7. The van der Waals surface area contributed by atoms with Crippen LogP contribution in [0.1, 0.15) is 44.6 Å². The van der Waals surface area contributed by atoms with Crippen molar-refractivity contribution in [1.82, 2.24) is 0 Å². The number of benzene rings is 1. The first-order valence-electron chi connectivity index (χ1n) is 7.17. The Morgan fingerprint density at radius 1 is 1.11 bits per heavy atom. The molecule has 2 atom stereocenters. The zero-order valence-corrected chi connectivity index (χ0v) is 11.1. The number of hydrogen-bond acceptors (Lipinski definition) is 2. The summed E-state index contributed by atoms with van der Waals surface area (Å²) in [6, 6.07) is 9.83. The number of carbonyl (C=O) groups excluding carboxylic acids is 1. The lowest BCUT2D eigenvalue weighted by Crippen LogP contribution is -2.52. The van der Waals surface area contributed by atoms with Crippen LogP contribution in [0.5, 0.6) is 0 Å². The van der Waals surface area contributed by atoms with E-state index in [-0.39, 0.29) is 0 Å². The molecule has 0 N–H and O–H groups in total. The maximum atomic E-state index is 11.7. The summed E-state index contributed by atoms with van der Waals surface area (Å²) >= 11 is 0. The van der Waals surface area contributed by atoms with E-state index in [0.717, 1.165) is 19.3 Å². The van der Waals surface area contributed by atoms with Crippen molar-refractivity contribution in [1.29, 1.82) is 0 Å². The second-order valence-corrected chi connectivity index (χ2v) is 5.61. The number of aryl methyl sites for hydroxylation is 1. The molecular weight excluding hydrogens is 222 g/mol. The summed E-state index contributed by atoms with van der Waals surface area (Å²) in [5.41, 5.74) is 2.70. The molecule has 0 aliphatic carbocycles. The fourth-order valence-electron chi connectivity index (χ4n) is 3.50. The first-order chi connectivity index (χ1) is 8.78. The third-order valence-electron chi connectivity index (χ3n) is 4.43. The molecule has 1 aromatic rings. The Hall–Kier alpha value is -1.31. The molecule has 2 saturated heterocycles. The van der Waals surface area contributed by atoms with Gasteiger partial charge in [-0.25, -0.2) is 0 Å². The molecule has 0 radical (unpaired) electrons. The molecule has 0 amide bonds. The van der Waals surface area contributed by atoms with Gasteiger partial charge in [0.05, 0.1) is 0 Å². The first-order valence-corrected chi connectivity index (χ1v) is 7.17. The van der Waals surface area contributed by atoms with Crippen molar-refractivity contribution in [2.75, 3.05) is 4.90 Å². The fourth-order valence-corrected chi connectivity index (χ4v) is 3.50. The zero-order valence-electron chi connectivity index (χ0n) is 11.1. The predicted molar refractivity (Wildman–Crippen MR) is 74.0 cm³/mol. The highest BCUT2D eigenvalue weighted by Crippen LogP contribution is 2.36. The van der Waals surface area contributed by atoms with Crippen molar-refractivity contribution >= 4 is 11.5 Å². The molecule has 0 saturated carbocycles. The van der Waals surface area contributed by atoms with Crippen molar-refractivity contribution in [3.63, 3.8) is 0 Å². The van der Waals surface area contributed by atoms with Gasteiger partial charge in [0, 0.05) is 30.6 Å². The highest BCUT2D eigenvalue weighted by atomic mass is 16.1. The minimum absolute atomic E-state index is 0.456. The predicted octanol–water partition coefficient (Wildman–Crippen LogP) is 3.34. The van der Waals surface area contributed by atoms with E-state index < -0.39 is 0 Å². The summed E-state index contributed by atoms with van der Waals surface area (Å²) in [6.07, 6.45) is 6.24. The minimum Gasteiger partial charge on any atom is -0.365 e. The van der Waals surface area contributed by atoms with Crippen molar-refractivity contribution < 1.29 is 4.79 Å². The molecule has 2 aliphatic rings. The molecule has 2 aliphatic heterocycles. The number of nitrogens with zero attached hydrogens (tertiary/aromatic N) is 1. The highest BCUT2D eigenvalue weighted by Gasteiger charge is 2.37. The monoisotopic (exact) mass is 243 g/mol. The van der Waals surface area contributed by atoms with Gasteiger partial charge in [0.15, 0.2) is 0 Å². The van der Waals surface area contributed by atoms with Gasteiger partial charge in [0.2, 0.25) is 0 Å². The largest absolute Gasteiger partial charge is 0.365 e. The summed E-state index contributed by atoms with van der Waals surface area (Å²) in [7, 11) is 0. The third kappa shape index (κ3) is 2.05. The average molecular weight is 243 g/mol. The van der Waals surface area contributed by atoms with Crippen LogP contribution in [0, 0.1) is 0 Å². The van der Waals surface area contributed by atoms with E-state index in [1.54, 1.807) is 0 Å². The molecule has 2 heteroatoms. The molecular formula is C16H21NO. The van der Waals surface area contributed by atoms with E-state index in [9.17, 15) is 4.79 Å². The van der Waals surface area contributed by atoms with Crippen LogP contribution in [0.4, 0.5) is 5.69 Å². The molecule has 1 aromatic carbocycles. The van der Waals surface area contributed by atoms with Crippen LogP contribution in [0.3, 0.4) is 0 Å². The number of piperidine rings is 2. The number of ketones is 1. The average Bonchev–Trinajstić information content (AvgIpc) is 2.38. The van der Waals surface area contributed by atoms with E-state index in [1.807, 2.05) is 0 Å². The second kappa shape index (κ2) is 4.75. The van der Waals surface area contributed by atoms with Crippen LogP contribution in [0.25, 0.3) is 0 Å². The normalized spacial score (nSPS) is 27.4. The van der Waals surface area contributed by atoms with Gasteiger partial charge in [-0.05, 0) is 43.4 Å². The molecule has 2 heterocycles. The van der Waals surface area contributed by atoms with Gasteiger partial charge in [0.1, 0.15) is 5.78 Å². The standard InChI is InChI=1S/C16H21NO/c1-2-12-6-8-13(9-7-12)17-14-4-3-5-15(17)11-16(18)10-14/h6-9,14-15H,2-5,10-11H2,1H3. The van der Waals surface area contributed by atoms with Crippen molar-refractivity contribution in [2.24, 2.45) is 0 Å². The number of Topliss-reactive ketones (excluding diaryl/α,β-unsaturated/α-hetero) is 1. The third-order valence-corrected chi connectivity index (χ3v) is 4.43. The Morgan fingerprint density at radius 2 is 1.72 bits per heavy atom. The van der Waals surface area contributed by atoms with Gasteiger partial charge >= 0.3 is 0 Å². The number of rotatable bonds is 2. The van der Waals surface area contributed by atoms with E-state index in [0.29, 0.717) is 17.9 Å². The Balaban J connectivity index is 1.87. The maximum Gasteiger partial charge on any atom is 0.137 e. The molecule has 0 spiro atoms. The smallest absolute Gasteiger partial charge is 0.137 e. The van der Waals surface area contributed by atoms with Crippen molar-refractivity contribution in [3.8, 4) is 0 Å². The number of fused-ring (bicyclic) bond motifs is 2. The van der Waals surface area contributed by atoms with Crippen LogP contribution in [-0.4, -0.2) is 17.9 Å². The molecule has 2 unspecified atom stereocenters. The molecule has 2 fully saturated rings. The van der Waals surface area contributed by atoms with Crippen LogP contribution in [0.15, 0.2) is 24.3 Å². The van der Waals surface area contributed by atoms with Gasteiger partial charge in [-0.3, -0.25) is 4.79 Å². The van der Waals surface area contributed by atoms with Gasteiger partial charge in [-0.1, -0.05) is 19.1 Å². The lowest BCUT2D eigenvalue weighted by Gasteiger charge is -2.47. The minimum atomic E-state index is 0.456. The van der Waals surface area contributed by atoms with Crippen LogP contribution in [0.2, 0.25) is 0 Å². The Kier molecular flexibility index (Phi) is 3.11. The summed E-state index contributed by atoms with van der Waals surface area (Å²) in [4.78, 5) is 14.2. The summed E-state index contributed by atoms with van der Waals surface area (Å²) in [5.74, 6) is 0.464. The summed E-state index contributed by atoms with van der Waals surface area (Å²) in [5, 5.41) is 0. The molecule has 18 heavy (non-hydrogen) atoms. The van der Waals surface area contributed by atoms with Crippen molar-refractivity contribution in [2.45, 2.75) is 57.5 Å². The quantitative estimate of drug-likeness (QED) is 0.794. The molecule has 3 rings (SSSR count). The summed E-state index contributed by atoms with van der Waals surface area (Å²) in [6.45, 7) is 2.18. The number of carbonyl (C=O) groups is 1. The van der Waals surface area contributed by atoms with Gasteiger partial charge in [0.25, 0.3) is 0 Å². The van der Waals surface area contributed by atoms with E-state index in [4.69, 9.17) is 0 Å². The number of anilines is 1. The Labute approximate surface area is 109 Å². The SMILES string of the molecule is CCc1ccc(N2C3CCCC2CC(=O)C3)cc1. The highest BCUT2D eigenvalue weighted by molar-refractivity contribution is 5.82. The van der Waals surface area contributed by atoms with Crippen LogP contribution >= 0.6 is 0 Å². The number of hydrogen-bond donors (Lipinski definition) is 0. The molecule has 2 bridgehead atoms. The molecule has 0 aromatic heterocycles. The topological polar surface area (TPSA) is 20.3 Å². The fraction of sp³-hybridized carbons (Fsp3) is 0.562. The lowest BCUT2D eigenvalue weighted by atomic mass is 9.83. The van der Waals surface area contributed by atoms with Crippen LogP contribution in [-0.2, 0) is 11.2 Å².